The zero-order valence-electron chi connectivity index (χ0n) is 12.9. The summed E-state index contributed by atoms with van der Waals surface area (Å²) in [4.78, 5) is 8.84. The summed E-state index contributed by atoms with van der Waals surface area (Å²) in [7, 11) is 0. The van der Waals surface area contributed by atoms with Crippen LogP contribution in [0, 0.1) is 12.8 Å². The average molecular weight is 326 g/mol. The molecule has 118 valence electrons. The number of nitrogens with one attached hydrogen (secondary N) is 1. The summed E-state index contributed by atoms with van der Waals surface area (Å²) in [6.07, 6.45) is 2.86. The van der Waals surface area contributed by atoms with E-state index >= 15 is 0 Å². The fourth-order valence-corrected chi connectivity index (χ4v) is 3.73. The highest BCUT2D eigenvalue weighted by Crippen LogP contribution is 2.26. The van der Waals surface area contributed by atoms with Crippen LogP contribution in [0.25, 0.3) is 10.9 Å². The molecular weight excluding hydrogens is 308 g/mol. The Morgan fingerprint density at radius 2 is 2.17 bits per heavy atom. The lowest BCUT2D eigenvalue weighted by molar-refractivity contribution is 0.185. The van der Waals surface area contributed by atoms with Crippen molar-refractivity contribution < 1.29 is 4.74 Å². The predicted molar refractivity (Wildman–Crippen MR) is 91.8 cm³/mol. The van der Waals surface area contributed by atoms with Crippen molar-refractivity contribution in [1.82, 2.24) is 14.3 Å². The van der Waals surface area contributed by atoms with Gasteiger partial charge in [0, 0.05) is 29.0 Å². The van der Waals surface area contributed by atoms with Gasteiger partial charge in [-0.1, -0.05) is 18.2 Å². The molecule has 1 N–H and O–H groups in total. The summed E-state index contributed by atoms with van der Waals surface area (Å²) in [6.45, 7) is 3.39. The van der Waals surface area contributed by atoms with Crippen LogP contribution in [-0.2, 0) is 11.2 Å². The van der Waals surface area contributed by atoms with Crippen molar-refractivity contribution in [2.75, 3.05) is 18.5 Å². The van der Waals surface area contributed by atoms with Crippen LogP contribution in [0.1, 0.15) is 11.4 Å². The van der Waals surface area contributed by atoms with Gasteiger partial charge in [-0.25, -0.2) is 4.98 Å². The maximum atomic E-state index is 5.71. The molecule has 2 atom stereocenters. The Morgan fingerprint density at radius 1 is 1.26 bits per heavy atom. The van der Waals surface area contributed by atoms with Gasteiger partial charge in [0.25, 0.3) is 0 Å². The van der Waals surface area contributed by atoms with E-state index in [1.54, 1.807) is 0 Å². The summed E-state index contributed by atoms with van der Waals surface area (Å²) < 4.78 is 9.94. The predicted octanol–water partition coefficient (Wildman–Crippen LogP) is 3.06. The summed E-state index contributed by atoms with van der Waals surface area (Å²) in [5, 5.41) is 5.59. The SMILES string of the molecule is Cc1nsc(N[C@@H]2COC[C@H]2Cc2ccnc3ccccc23)n1. The Bertz CT molecular complexity index is 814. The van der Waals surface area contributed by atoms with Crippen LogP contribution < -0.4 is 5.32 Å². The van der Waals surface area contributed by atoms with Crippen LogP contribution in [0.4, 0.5) is 5.13 Å². The molecule has 1 saturated heterocycles. The van der Waals surface area contributed by atoms with E-state index < -0.39 is 0 Å². The molecule has 5 nitrogen and oxygen atoms in total. The zero-order chi connectivity index (χ0) is 15.6. The van der Waals surface area contributed by atoms with Gasteiger partial charge in [0.1, 0.15) is 5.82 Å². The lowest BCUT2D eigenvalue weighted by Crippen LogP contribution is -2.29. The highest BCUT2D eigenvalue weighted by molar-refractivity contribution is 7.09. The fraction of sp³-hybridized carbons (Fsp3) is 0.353. The molecule has 1 aliphatic heterocycles. The molecule has 0 unspecified atom stereocenters. The molecule has 0 bridgehead atoms. The van der Waals surface area contributed by atoms with E-state index in [4.69, 9.17) is 4.74 Å². The standard InChI is InChI=1S/C17H18N4OS/c1-11-19-17(23-21-11)20-16-10-22-9-13(16)8-12-6-7-18-15-5-3-2-4-14(12)15/h2-7,13,16H,8-10H2,1H3,(H,19,20,21)/t13-,16-/m1/s1. The molecule has 0 aliphatic carbocycles. The molecule has 1 fully saturated rings. The fourth-order valence-electron chi connectivity index (χ4n) is 3.09. The first-order chi connectivity index (χ1) is 11.3. The molecule has 0 spiro atoms. The maximum Gasteiger partial charge on any atom is 0.202 e. The number of para-hydroxylation sites is 1. The Morgan fingerprint density at radius 3 is 3.04 bits per heavy atom. The number of hydrogen-bond acceptors (Lipinski definition) is 6. The van der Waals surface area contributed by atoms with E-state index in [9.17, 15) is 0 Å². The first-order valence-corrected chi connectivity index (χ1v) is 8.54. The van der Waals surface area contributed by atoms with E-state index in [0.29, 0.717) is 12.5 Å². The van der Waals surface area contributed by atoms with Crippen molar-refractivity contribution in [3.05, 3.63) is 47.9 Å². The highest BCUT2D eigenvalue weighted by atomic mass is 32.1. The summed E-state index contributed by atoms with van der Waals surface area (Å²) >= 11 is 1.41. The highest BCUT2D eigenvalue weighted by Gasteiger charge is 2.29. The molecule has 3 aromatic rings. The minimum Gasteiger partial charge on any atom is -0.379 e. The topological polar surface area (TPSA) is 59.9 Å². The van der Waals surface area contributed by atoms with Gasteiger partial charge in [-0.3, -0.25) is 4.98 Å². The minimum absolute atomic E-state index is 0.272. The van der Waals surface area contributed by atoms with Crippen molar-refractivity contribution in [1.29, 1.82) is 0 Å². The number of aryl methyl sites for hydroxylation is 1. The quantitative estimate of drug-likeness (QED) is 0.798. The molecule has 0 radical (unpaired) electrons. The van der Waals surface area contributed by atoms with E-state index in [-0.39, 0.29) is 6.04 Å². The third kappa shape index (κ3) is 3.04. The monoisotopic (exact) mass is 326 g/mol. The summed E-state index contributed by atoms with van der Waals surface area (Å²) in [6, 6.07) is 10.7. The summed E-state index contributed by atoms with van der Waals surface area (Å²) in [5.41, 5.74) is 2.37. The lowest BCUT2D eigenvalue weighted by Gasteiger charge is -2.19. The lowest BCUT2D eigenvalue weighted by atomic mass is 9.93. The van der Waals surface area contributed by atoms with Gasteiger partial charge in [-0.15, -0.1) is 0 Å². The van der Waals surface area contributed by atoms with Gasteiger partial charge in [0.05, 0.1) is 24.8 Å². The maximum absolute atomic E-state index is 5.71. The van der Waals surface area contributed by atoms with Crippen molar-refractivity contribution in [2.45, 2.75) is 19.4 Å². The van der Waals surface area contributed by atoms with Crippen LogP contribution in [0.5, 0.6) is 0 Å². The Hall–Kier alpha value is -2.05. The van der Waals surface area contributed by atoms with Crippen LogP contribution in [0.2, 0.25) is 0 Å². The summed E-state index contributed by atoms with van der Waals surface area (Å²) in [5.74, 6) is 1.23. The Labute approximate surface area is 138 Å². The zero-order valence-corrected chi connectivity index (χ0v) is 13.7. The van der Waals surface area contributed by atoms with Crippen LogP contribution >= 0.6 is 11.5 Å². The molecule has 3 heterocycles. The number of rotatable bonds is 4. The van der Waals surface area contributed by atoms with E-state index in [0.717, 1.165) is 29.5 Å². The van der Waals surface area contributed by atoms with Gasteiger partial charge in [-0.05, 0) is 31.0 Å². The minimum atomic E-state index is 0.272. The largest absolute Gasteiger partial charge is 0.379 e. The van der Waals surface area contributed by atoms with Crippen LogP contribution in [0.3, 0.4) is 0 Å². The van der Waals surface area contributed by atoms with Crippen LogP contribution in [-0.4, -0.2) is 33.6 Å². The van der Waals surface area contributed by atoms with Gasteiger partial charge in [0.15, 0.2) is 0 Å². The van der Waals surface area contributed by atoms with E-state index in [2.05, 4.69) is 43.9 Å². The number of fused-ring (bicyclic) bond motifs is 1. The van der Waals surface area contributed by atoms with E-state index in [1.807, 2.05) is 19.2 Å². The molecule has 1 aliphatic rings. The number of pyridine rings is 1. The van der Waals surface area contributed by atoms with Crippen LogP contribution in [0.15, 0.2) is 36.5 Å². The average Bonchev–Trinajstić information content (AvgIpc) is 3.17. The van der Waals surface area contributed by atoms with Crippen molar-refractivity contribution in [3.8, 4) is 0 Å². The second-order valence-electron chi connectivity index (χ2n) is 5.89. The number of aromatic nitrogens is 3. The first kappa shape index (κ1) is 14.5. The van der Waals surface area contributed by atoms with Gasteiger partial charge in [-0.2, -0.15) is 4.37 Å². The molecule has 2 aromatic heterocycles. The second-order valence-corrected chi connectivity index (χ2v) is 6.64. The molecule has 4 rings (SSSR count). The Kier molecular flexibility index (Phi) is 3.93. The third-order valence-electron chi connectivity index (χ3n) is 4.26. The van der Waals surface area contributed by atoms with E-state index in [1.165, 1.54) is 22.5 Å². The molecule has 1 aromatic carbocycles. The normalized spacial score (nSPS) is 20.9. The number of anilines is 1. The number of nitrogens with zero attached hydrogens (tertiary/aromatic N) is 3. The van der Waals surface area contributed by atoms with Gasteiger partial charge >= 0.3 is 0 Å². The smallest absolute Gasteiger partial charge is 0.202 e. The third-order valence-corrected chi connectivity index (χ3v) is 4.99. The van der Waals surface area contributed by atoms with Gasteiger partial charge in [0.2, 0.25) is 5.13 Å². The molecule has 0 saturated carbocycles. The van der Waals surface area contributed by atoms with Crippen molar-refractivity contribution in [2.24, 2.45) is 5.92 Å². The Balaban J connectivity index is 1.54. The molecule has 23 heavy (non-hydrogen) atoms. The molecule has 0 amide bonds. The number of ether oxygens (including phenoxy) is 1. The number of hydrogen-bond donors (Lipinski definition) is 1. The number of benzene rings is 1. The van der Waals surface area contributed by atoms with Crippen molar-refractivity contribution in [3.63, 3.8) is 0 Å². The molecular formula is C17H18N4OS. The molecule has 6 heteroatoms. The first-order valence-electron chi connectivity index (χ1n) is 7.77. The van der Waals surface area contributed by atoms with Gasteiger partial charge < -0.3 is 10.1 Å². The second kappa shape index (κ2) is 6.22. The van der Waals surface area contributed by atoms with Crippen molar-refractivity contribution >= 4 is 27.6 Å².